The smallest absolute Gasteiger partial charge is 0.248 e. The lowest BCUT2D eigenvalue weighted by Crippen LogP contribution is -2.28. The quantitative estimate of drug-likeness (QED) is 0.793. The van der Waals surface area contributed by atoms with Gasteiger partial charge in [-0.05, 0) is 41.4 Å². The summed E-state index contributed by atoms with van der Waals surface area (Å²) in [7, 11) is 1.76. The lowest BCUT2D eigenvalue weighted by Gasteiger charge is -2.27. The maximum absolute atomic E-state index is 12.9. The number of nitrogens with zero attached hydrogens (tertiary/aromatic N) is 1. The number of likely N-dealkylation sites (N-methyl/N-ethyl adjacent to an activating group) is 1. The lowest BCUT2D eigenvalue weighted by molar-refractivity contribution is -0.112. The van der Waals surface area contributed by atoms with E-state index in [9.17, 15) is 9.18 Å². The molecular weight excluding hydrogens is 265 g/mol. The Labute approximate surface area is 116 Å². The Morgan fingerprint density at radius 2 is 1.68 bits per heavy atom. The Balaban J connectivity index is 2.35. The molecule has 0 spiro atoms. The fourth-order valence-corrected chi connectivity index (χ4v) is 2.24. The maximum Gasteiger partial charge on any atom is 0.248 e. The van der Waals surface area contributed by atoms with Gasteiger partial charge >= 0.3 is 0 Å². The van der Waals surface area contributed by atoms with E-state index in [1.54, 1.807) is 24.1 Å². The van der Waals surface area contributed by atoms with Gasteiger partial charge in [-0.1, -0.05) is 30.3 Å². The van der Waals surface area contributed by atoms with Gasteiger partial charge < -0.3 is 4.90 Å². The molecule has 1 unspecified atom stereocenters. The predicted molar refractivity (Wildman–Crippen MR) is 74.8 cm³/mol. The first-order chi connectivity index (χ1) is 9.09. The Bertz CT molecular complexity index is 556. The van der Waals surface area contributed by atoms with E-state index in [4.69, 9.17) is 11.6 Å². The minimum absolute atomic E-state index is 0.314. The van der Waals surface area contributed by atoms with Crippen molar-refractivity contribution in [2.45, 2.75) is 6.04 Å². The van der Waals surface area contributed by atoms with Crippen LogP contribution in [0.25, 0.3) is 0 Å². The summed E-state index contributed by atoms with van der Waals surface area (Å²) in [5.41, 5.74) is 1.53. The van der Waals surface area contributed by atoms with Crippen molar-refractivity contribution in [3.63, 3.8) is 0 Å². The van der Waals surface area contributed by atoms with Gasteiger partial charge in [-0.2, -0.15) is 0 Å². The van der Waals surface area contributed by atoms with Gasteiger partial charge in [0.05, 0.1) is 0 Å². The summed E-state index contributed by atoms with van der Waals surface area (Å²) in [6, 6.07) is 14.6. The SMILES string of the molecule is CN(c1ccc(F)cc1)C(C(=O)Cl)c1ccccc1. The van der Waals surface area contributed by atoms with Crippen molar-refractivity contribution in [1.82, 2.24) is 0 Å². The summed E-state index contributed by atoms with van der Waals surface area (Å²) < 4.78 is 12.9. The molecule has 1 atom stereocenters. The van der Waals surface area contributed by atoms with Crippen LogP contribution in [0.2, 0.25) is 0 Å². The highest BCUT2D eigenvalue weighted by molar-refractivity contribution is 6.64. The van der Waals surface area contributed by atoms with Gasteiger partial charge in [0.1, 0.15) is 11.9 Å². The average Bonchev–Trinajstić information content (AvgIpc) is 2.40. The predicted octanol–water partition coefficient (Wildman–Crippen LogP) is 3.77. The van der Waals surface area contributed by atoms with Crippen LogP contribution in [0.15, 0.2) is 54.6 Å². The van der Waals surface area contributed by atoms with E-state index in [0.717, 1.165) is 11.3 Å². The summed E-state index contributed by atoms with van der Waals surface area (Å²) in [5, 5.41) is -0.474. The molecule has 98 valence electrons. The third-order valence-corrected chi connectivity index (χ3v) is 3.16. The van der Waals surface area contributed by atoms with Gasteiger partial charge in [0.25, 0.3) is 0 Å². The van der Waals surface area contributed by atoms with E-state index < -0.39 is 11.3 Å². The van der Waals surface area contributed by atoms with Crippen LogP contribution in [0.4, 0.5) is 10.1 Å². The van der Waals surface area contributed by atoms with E-state index in [0.29, 0.717) is 0 Å². The van der Waals surface area contributed by atoms with Crippen molar-refractivity contribution in [1.29, 1.82) is 0 Å². The van der Waals surface area contributed by atoms with Crippen LogP contribution >= 0.6 is 11.6 Å². The van der Waals surface area contributed by atoms with Crippen molar-refractivity contribution < 1.29 is 9.18 Å². The minimum Gasteiger partial charge on any atom is -0.360 e. The molecule has 4 heteroatoms. The van der Waals surface area contributed by atoms with E-state index >= 15 is 0 Å². The van der Waals surface area contributed by atoms with Crippen LogP contribution in [0.3, 0.4) is 0 Å². The van der Waals surface area contributed by atoms with Gasteiger partial charge in [-0.15, -0.1) is 0 Å². The molecular formula is C15H13ClFNO. The average molecular weight is 278 g/mol. The molecule has 0 aliphatic rings. The molecule has 0 amide bonds. The number of rotatable bonds is 4. The zero-order chi connectivity index (χ0) is 13.8. The Morgan fingerprint density at radius 3 is 2.21 bits per heavy atom. The zero-order valence-corrected chi connectivity index (χ0v) is 11.1. The normalized spacial score (nSPS) is 11.9. The number of hydrogen-bond acceptors (Lipinski definition) is 2. The summed E-state index contributed by atoms with van der Waals surface area (Å²) >= 11 is 5.70. The number of benzene rings is 2. The number of carbonyl (C=O) groups excluding carboxylic acids is 1. The van der Waals surface area contributed by atoms with Crippen LogP contribution in [0, 0.1) is 5.82 Å². The first kappa shape index (κ1) is 13.6. The van der Waals surface area contributed by atoms with Crippen molar-refractivity contribution in [3.05, 3.63) is 66.0 Å². The topological polar surface area (TPSA) is 20.3 Å². The van der Waals surface area contributed by atoms with Gasteiger partial charge in [0, 0.05) is 12.7 Å². The zero-order valence-electron chi connectivity index (χ0n) is 10.4. The van der Waals surface area contributed by atoms with Gasteiger partial charge in [0.15, 0.2) is 0 Å². The molecule has 0 saturated carbocycles. The summed E-state index contributed by atoms with van der Waals surface area (Å²) in [5.74, 6) is -0.314. The van der Waals surface area contributed by atoms with Crippen LogP contribution in [0.1, 0.15) is 11.6 Å². The second-order valence-electron chi connectivity index (χ2n) is 4.20. The molecule has 0 fully saturated rings. The molecule has 0 bridgehead atoms. The maximum atomic E-state index is 12.9. The number of hydrogen-bond donors (Lipinski definition) is 0. The van der Waals surface area contributed by atoms with Crippen molar-refractivity contribution in [2.24, 2.45) is 0 Å². The molecule has 0 aromatic heterocycles. The third kappa shape index (κ3) is 3.12. The monoisotopic (exact) mass is 277 g/mol. The molecule has 2 aromatic rings. The highest BCUT2D eigenvalue weighted by Gasteiger charge is 2.23. The molecule has 19 heavy (non-hydrogen) atoms. The van der Waals surface area contributed by atoms with Crippen LogP contribution in [0.5, 0.6) is 0 Å². The molecule has 0 radical (unpaired) electrons. The summed E-state index contributed by atoms with van der Waals surface area (Å²) in [6.07, 6.45) is 0. The molecule has 0 aliphatic heterocycles. The fourth-order valence-electron chi connectivity index (χ4n) is 1.97. The van der Waals surface area contributed by atoms with Crippen LogP contribution in [-0.4, -0.2) is 12.3 Å². The molecule has 0 heterocycles. The molecule has 0 N–H and O–H groups in total. The van der Waals surface area contributed by atoms with Crippen LogP contribution in [-0.2, 0) is 4.79 Å². The van der Waals surface area contributed by atoms with Crippen LogP contribution < -0.4 is 4.90 Å². The van der Waals surface area contributed by atoms with E-state index in [2.05, 4.69) is 0 Å². The van der Waals surface area contributed by atoms with Crippen molar-refractivity contribution in [2.75, 3.05) is 11.9 Å². The summed E-state index contributed by atoms with van der Waals surface area (Å²) in [4.78, 5) is 13.4. The molecule has 2 rings (SSSR count). The highest BCUT2D eigenvalue weighted by Crippen LogP contribution is 2.27. The van der Waals surface area contributed by atoms with Crippen molar-refractivity contribution >= 4 is 22.5 Å². The number of anilines is 1. The number of halogens is 2. The Kier molecular flexibility index (Phi) is 4.17. The molecule has 0 saturated heterocycles. The van der Waals surface area contributed by atoms with Gasteiger partial charge in [0.2, 0.25) is 5.24 Å². The van der Waals surface area contributed by atoms with Crippen molar-refractivity contribution in [3.8, 4) is 0 Å². The van der Waals surface area contributed by atoms with E-state index in [1.807, 2.05) is 30.3 Å². The second-order valence-corrected chi connectivity index (χ2v) is 4.58. The third-order valence-electron chi connectivity index (χ3n) is 2.95. The minimum atomic E-state index is -0.590. The highest BCUT2D eigenvalue weighted by atomic mass is 35.5. The van der Waals surface area contributed by atoms with E-state index in [-0.39, 0.29) is 5.82 Å². The second kappa shape index (κ2) is 5.85. The molecule has 0 aliphatic carbocycles. The lowest BCUT2D eigenvalue weighted by atomic mass is 10.1. The fraction of sp³-hybridized carbons (Fsp3) is 0.133. The molecule has 2 aromatic carbocycles. The largest absolute Gasteiger partial charge is 0.360 e. The Morgan fingerprint density at radius 1 is 1.11 bits per heavy atom. The summed E-state index contributed by atoms with van der Waals surface area (Å²) in [6.45, 7) is 0. The van der Waals surface area contributed by atoms with Gasteiger partial charge in [-0.25, -0.2) is 4.39 Å². The van der Waals surface area contributed by atoms with E-state index in [1.165, 1.54) is 12.1 Å². The first-order valence-corrected chi connectivity index (χ1v) is 6.20. The first-order valence-electron chi connectivity index (χ1n) is 5.82. The standard InChI is InChI=1S/C15H13ClFNO/c1-18(13-9-7-12(17)8-10-13)14(15(16)19)11-5-3-2-4-6-11/h2-10,14H,1H3. The number of carbonyl (C=O) groups is 1. The Hall–Kier alpha value is -1.87. The molecule has 2 nitrogen and oxygen atoms in total. The van der Waals surface area contributed by atoms with Gasteiger partial charge in [-0.3, -0.25) is 4.79 Å².